The maximum Gasteiger partial charge on any atom is 0.134 e. The Balaban J connectivity index is 2.08. The quantitative estimate of drug-likeness (QED) is 0.867. The smallest absolute Gasteiger partial charge is 0.134 e. The Morgan fingerprint density at radius 3 is 2.94 bits per heavy atom. The average molecular weight is 240 g/mol. The number of hydrogen-bond acceptors (Lipinski definition) is 4. The van der Waals surface area contributed by atoms with Crippen molar-refractivity contribution in [2.45, 2.75) is 39.3 Å². The molecule has 0 spiro atoms. The molecule has 1 aromatic rings. The van der Waals surface area contributed by atoms with Crippen LogP contribution in [0, 0.1) is 6.92 Å². The summed E-state index contributed by atoms with van der Waals surface area (Å²) in [5, 5.41) is 12.0. The predicted octanol–water partition coefficient (Wildman–Crippen LogP) is 1.41. The van der Waals surface area contributed by atoms with Gasteiger partial charge in [-0.05, 0) is 20.8 Å². The maximum absolute atomic E-state index is 4.29. The minimum atomic E-state index is 0.446. The van der Waals surface area contributed by atoms with Gasteiger partial charge in [-0.3, -0.25) is 0 Å². The van der Waals surface area contributed by atoms with E-state index in [1.165, 1.54) is 11.5 Å². The highest BCUT2D eigenvalue weighted by atomic mass is 32.2. The SMILES string of the molecule is Cc1nnc(CC2CSCCN2)n1C(C)C. The highest BCUT2D eigenvalue weighted by Gasteiger charge is 2.18. The molecule has 0 aliphatic carbocycles. The lowest BCUT2D eigenvalue weighted by molar-refractivity contribution is 0.503. The molecule has 1 N–H and O–H groups in total. The van der Waals surface area contributed by atoms with E-state index in [9.17, 15) is 0 Å². The predicted molar refractivity (Wildman–Crippen MR) is 68.0 cm³/mol. The molecule has 1 aromatic heterocycles. The zero-order chi connectivity index (χ0) is 11.5. The first kappa shape index (κ1) is 11.9. The van der Waals surface area contributed by atoms with Crippen LogP contribution in [-0.2, 0) is 6.42 Å². The Labute approximate surface area is 101 Å². The van der Waals surface area contributed by atoms with Crippen molar-refractivity contribution in [2.75, 3.05) is 18.1 Å². The van der Waals surface area contributed by atoms with Crippen LogP contribution in [0.4, 0.5) is 0 Å². The fraction of sp³-hybridized carbons (Fsp3) is 0.818. The fourth-order valence-electron chi connectivity index (χ4n) is 2.20. The monoisotopic (exact) mass is 240 g/mol. The molecule has 0 amide bonds. The van der Waals surface area contributed by atoms with E-state index in [2.05, 4.69) is 33.9 Å². The van der Waals surface area contributed by atoms with Crippen molar-refractivity contribution in [2.24, 2.45) is 0 Å². The highest BCUT2D eigenvalue weighted by Crippen LogP contribution is 2.15. The van der Waals surface area contributed by atoms with Crippen LogP contribution in [0.5, 0.6) is 0 Å². The average Bonchev–Trinajstić information content (AvgIpc) is 2.61. The summed E-state index contributed by atoms with van der Waals surface area (Å²) in [6, 6.07) is 1.00. The Hall–Kier alpha value is -0.550. The third-order valence-electron chi connectivity index (χ3n) is 2.88. The summed E-state index contributed by atoms with van der Waals surface area (Å²) < 4.78 is 2.24. The third kappa shape index (κ3) is 2.58. The van der Waals surface area contributed by atoms with E-state index in [0.29, 0.717) is 12.1 Å². The van der Waals surface area contributed by atoms with Crippen LogP contribution in [0.25, 0.3) is 0 Å². The molecule has 1 aliphatic rings. The van der Waals surface area contributed by atoms with Gasteiger partial charge in [0.2, 0.25) is 0 Å². The van der Waals surface area contributed by atoms with Crippen molar-refractivity contribution in [3.8, 4) is 0 Å². The Morgan fingerprint density at radius 1 is 1.50 bits per heavy atom. The van der Waals surface area contributed by atoms with Crippen LogP contribution >= 0.6 is 11.8 Å². The van der Waals surface area contributed by atoms with E-state index in [1.807, 2.05) is 18.7 Å². The van der Waals surface area contributed by atoms with Gasteiger partial charge < -0.3 is 9.88 Å². The summed E-state index contributed by atoms with van der Waals surface area (Å²) >= 11 is 2.02. The van der Waals surface area contributed by atoms with E-state index in [-0.39, 0.29) is 0 Å². The van der Waals surface area contributed by atoms with Gasteiger partial charge >= 0.3 is 0 Å². The highest BCUT2D eigenvalue weighted by molar-refractivity contribution is 7.99. The molecule has 0 saturated carbocycles. The molecular formula is C11H20N4S. The van der Waals surface area contributed by atoms with Crippen molar-refractivity contribution < 1.29 is 0 Å². The number of aryl methyl sites for hydroxylation is 1. The normalized spacial score (nSPS) is 21.6. The molecule has 1 aliphatic heterocycles. The summed E-state index contributed by atoms with van der Waals surface area (Å²) in [6.07, 6.45) is 0.992. The summed E-state index contributed by atoms with van der Waals surface area (Å²) in [4.78, 5) is 0. The first-order valence-corrected chi connectivity index (χ1v) is 7.05. The van der Waals surface area contributed by atoms with Gasteiger partial charge in [0.15, 0.2) is 0 Å². The topological polar surface area (TPSA) is 42.7 Å². The summed E-state index contributed by atoms with van der Waals surface area (Å²) in [7, 11) is 0. The van der Waals surface area contributed by atoms with Gasteiger partial charge in [0.25, 0.3) is 0 Å². The molecule has 16 heavy (non-hydrogen) atoms. The summed E-state index contributed by atoms with van der Waals surface area (Å²) in [5.74, 6) is 4.55. The molecular weight excluding hydrogens is 220 g/mol. The molecule has 1 fully saturated rings. The van der Waals surface area contributed by atoms with Crippen molar-refractivity contribution in [1.82, 2.24) is 20.1 Å². The summed E-state index contributed by atoms with van der Waals surface area (Å²) in [5.41, 5.74) is 0. The molecule has 1 unspecified atom stereocenters. The molecule has 0 aromatic carbocycles. The second kappa shape index (κ2) is 5.19. The standard InChI is InChI=1S/C11H20N4S/c1-8(2)15-9(3)13-14-11(15)6-10-7-16-5-4-12-10/h8,10,12H,4-7H2,1-3H3. The number of hydrogen-bond donors (Lipinski definition) is 1. The van der Waals surface area contributed by atoms with Crippen LogP contribution in [0.3, 0.4) is 0 Å². The zero-order valence-electron chi connectivity index (χ0n) is 10.2. The van der Waals surface area contributed by atoms with E-state index >= 15 is 0 Å². The van der Waals surface area contributed by atoms with Crippen molar-refractivity contribution in [3.63, 3.8) is 0 Å². The molecule has 0 radical (unpaired) electrons. The number of nitrogens with zero attached hydrogens (tertiary/aromatic N) is 3. The minimum absolute atomic E-state index is 0.446. The van der Waals surface area contributed by atoms with Crippen molar-refractivity contribution in [3.05, 3.63) is 11.6 Å². The number of rotatable bonds is 3. The van der Waals surface area contributed by atoms with Crippen molar-refractivity contribution in [1.29, 1.82) is 0 Å². The fourth-order valence-corrected chi connectivity index (χ4v) is 3.14. The lowest BCUT2D eigenvalue weighted by atomic mass is 10.2. The largest absolute Gasteiger partial charge is 0.313 e. The third-order valence-corrected chi connectivity index (χ3v) is 4.01. The van der Waals surface area contributed by atoms with Gasteiger partial charge in [-0.15, -0.1) is 10.2 Å². The first-order chi connectivity index (χ1) is 7.68. The van der Waals surface area contributed by atoms with Gasteiger partial charge in [0.05, 0.1) is 0 Å². The Bertz CT molecular complexity index is 342. The number of thioether (sulfide) groups is 1. The molecule has 1 saturated heterocycles. The van der Waals surface area contributed by atoms with Crippen LogP contribution in [0.15, 0.2) is 0 Å². The van der Waals surface area contributed by atoms with E-state index in [4.69, 9.17) is 0 Å². The zero-order valence-corrected chi connectivity index (χ0v) is 11.0. The van der Waals surface area contributed by atoms with E-state index in [0.717, 1.165) is 24.6 Å². The maximum atomic E-state index is 4.29. The van der Waals surface area contributed by atoms with Crippen LogP contribution in [-0.4, -0.2) is 38.9 Å². The first-order valence-electron chi connectivity index (χ1n) is 5.90. The minimum Gasteiger partial charge on any atom is -0.313 e. The van der Waals surface area contributed by atoms with E-state index < -0.39 is 0 Å². The molecule has 0 bridgehead atoms. The van der Waals surface area contributed by atoms with E-state index in [1.54, 1.807) is 0 Å². The Kier molecular flexibility index (Phi) is 3.86. The van der Waals surface area contributed by atoms with Gasteiger partial charge in [-0.2, -0.15) is 11.8 Å². The van der Waals surface area contributed by atoms with Gasteiger partial charge in [-0.1, -0.05) is 0 Å². The van der Waals surface area contributed by atoms with Crippen LogP contribution in [0.1, 0.15) is 31.5 Å². The number of aromatic nitrogens is 3. The summed E-state index contributed by atoms with van der Waals surface area (Å²) in [6.45, 7) is 7.51. The Morgan fingerprint density at radius 2 is 2.31 bits per heavy atom. The molecule has 2 rings (SSSR count). The molecule has 1 atom stereocenters. The molecule has 4 nitrogen and oxygen atoms in total. The second-order valence-corrected chi connectivity index (χ2v) is 5.71. The number of nitrogens with one attached hydrogen (secondary N) is 1. The molecule has 5 heteroatoms. The lowest BCUT2D eigenvalue weighted by Crippen LogP contribution is -2.39. The van der Waals surface area contributed by atoms with Crippen LogP contribution < -0.4 is 5.32 Å². The molecule has 90 valence electrons. The van der Waals surface area contributed by atoms with Crippen LogP contribution in [0.2, 0.25) is 0 Å². The molecule has 2 heterocycles. The lowest BCUT2D eigenvalue weighted by Gasteiger charge is -2.23. The second-order valence-electron chi connectivity index (χ2n) is 4.56. The van der Waals surface area contributed by atoms with Gasteiger partial charge in [0.1, 0.15) is 11.6 Å². The van der Waals surface area contributed by atoms with Crippen molar-refractivity contribution >= 4 is 11.8 Å². The van der Waals surface area contributed by atoms with Gasteiger partial charge in [-0.25, -0.2) is 0 Å². The van der Waals surface area contributed by atoms with Gasteiger partial charge in [0, 0.05) is 36.6 Å².